The molecule has 0 radical (unpaired) electrons. The maximum atomic E-state index is 3.25. The standard InChI is InChI=1S/C12H13N/c1-10-8-11-6-4-3-5-7-12(11)13(2)9-10/h4,6,8-9,12H,3H2,1-2H3. The highest BCUT2D eigenvalue weighted by molar-refractivity contribution is 5.43. The summed E-state index contributed by atoms with van der Waals surface area (Å²) >= 11 is 0. The fourth-order valence-electron chi connectivity index (χ4n) is 1.74. The summed E-state index contributed by atoms with van der Waals surface area (Å²) in [6.07, 6.45) is 9.53. The lowest BCUT2D eigenvalue weighted by molar-refractivity contribution is 0.429. The number of allylic oxidation sites excluding steroid dienone is 3. The molecule has 2 aliphatic rings. The Hall–Kier alpha value is -1.42. The topological polar surface area (TPSA) is 3.24 Å². The molecule has 1 atom stereocenters. The maximum Gasteiger partial charge on any atom is 0.115 e. The Labute approximate surface area is 79.4 Å². The van der Waals surface area contributed by atoms with Crippen LogP contribution in [0.2, 0.25) is 0 Å². The van der Waals surface area contributed by atoms with Gasteiger partial charge in [-0.25, -0.2) is 0 Å². The zero-order valence-electron chi connectivity index (χ0n) is 8.04. The molecule has 13 heavy (non-hydrogen) atoms. The van der Waals surface area contributed by atoms with Gasteiger partial charge in [0.15, 0.2) is 0 Å². The minimum Gasteiger partial charge on any atom is -0.363 e. The monoisotopic (exact) mass is 171 g/mol. The molecule has 66 valence electrons. The summed E-state index contributed by atoms with van der Waals surface area (Å²) in [6.45, 7) is 2.12. The second-order valence-electron chi connectivity index (χ2n) is 3.51. The first-order valence-electron chi connectivity index (χ1n) is 4.54. The van der Waals surface area contributed by atoms with Crippen molar-refractivity contribution in [3.05, 3.63) is 35.6 Å². The average molecular weight is 171 g/mol. The summed E-state index contributed by atoms with van der Waals surface area (Å²) in [7, 11) is 2.08. The first kappa shape index (κ1) is 8.19. The van der Waals surface area contributed by atoms with Crippen LogP contribution in [0.3, 0.4) is 0 Å². The van der Waals surface area contributed by atoms with E-state index in [0.29, 0.717) is 0 Å². The number of nitrogens with zero attached hydrogens (tertiary/aromatic N) is 1. The zero-order valence-corrected chi connectivity index (χ0v) is 8.04. The molecule has 1 nitrogen and oxygen atoms in total. The molecule has 0 N–H and O–H groups in total. The number of hydrogen-bond donors (Lipinski definition) is 0. The van der Waals surface area contributed by atoms with E-state index >= 15 is 0 Å². The molecule has 0 spiro atoms. The van der Waals surface area contributed by atoms with Gasteiger partial charge in [0.05, 0.1) is 0 Å². The molecule has 1 unspecified atom stereocenters. The molecule has 1 aliphatic heterocycles. The van der Waals surface area contributed by atoms with Crippen molar-refractivity contribution in [1.29, 1.82) is 0 Å². The lowest BCUT2D eigenvalue weighted by Crippen LogP contribution is -2.29. The highest BCUT2D eigenvalue weighted by Crippen LogP contribution is 2.20. The Kier molecular flexibility index (Phi) is 1.98. The number of rotatable bonds is 0. The van der Waals surface area contributed by atoms with Gasteiger partial charge in [-0.05, 0) is 18.1 Å². The third-order valence-electron chi connectivity index (χ3n) is 2.29. The molecule has 1 aliphatic carbocycles. The van der Waals surface area contributed by atoms with Gasteiger partial charge in [-0.15, -0.1) is 0 Å². The quantitative estimate of drug-likeness (QED) is 0.504. The summed E-state index contributed by atoms with van der Waals surface area (Å²) < 4.78 is 0. The van der Waals surface area contributed by atoms with Gasteiger partial charge in [0.25, 0.3) is 0 Å². The van der Waals surface area contributed by atoms with Gasteiger partial charge in [0.1, 0.15) is 6.04 Å². The van der Waals surface area contributed by atoms with Crippen LogP contribution in [0.25, 0.3) is 0 Å². The summed E-state index contributed by atoms with van der Waals surface area (Å²) in [4.78, 5) is 2.17. The molecule has 0 aromatic heterocycles. The van der Waals surface area contributed by atoms with E-state index in [1.165, 1.54) is 11.1 Å². The average Bonchev–Trinajstić information content (AvgIpc) is 2.28. The first-order chi connectivity index (χ1) is 6.27. The lowest BCUT2D eigenvalue weighted by atomic mass is 10.0. The van der Waals surface area contributed by atoms with Crippen molar-refractivity contribution in [1.82, 2.24) is 4.90 Å². The Morgan fingerprint density at radius 2 is 2.38 bits per heavy atom. The molecule has 0 aromatic carbocycles. The fraction of sp³-hybridized carbons (Fsp3) is 0.333. The van der Waals surface area contributed by atoms with Gasteiger partial charge in [-0.2, -0.15) is 0 Å². The Bertz CT molecular complexity index is 360. The molecule has 1 heterocycles. The van der Waals surface area contributed by atoms with Crippen LogP contribution in [-0.4, -0.2) is 18.0 Å². The zero-order chi connectivity index (χ0) is 9.26. The van der Waals surface area contributed by atoms with Gasteiger partial charge in [0, 0.05) is 19.7 Å². The van der Waals surface area contributed by atoms with Crippen LogP contribution in [0.15, 0.2) is 35.6 Å². The molecule has 0 aromatic rings. The van der Waals surface area contributed by atoms with Crippen LogP contribution in [-0.2, 0) is 0 Å². The van der Waals surface area contributed by atoms with E-state index in [1.807, 2.05) is 0 Å². The van der Waals surface area contributed by atoms with Crippen LogP contribution >= 0.6 is 0 Å². The minimum atomic E-state index is 0.266. The van der Waals surface area contributed by atoms with Crippen molar-refractivity contribution in [2.24, 2.45) is 0 Å². The molecular formula is C12H13N. The smallest absolute Gasteiger partial charge is 0.115 e. The number of likely N-dealkylation sites (N-methyl/N-ethyl adjacent to an activating group) is 1. The van der Waals surface area contributed by atoms with Gasteiger partial charge >= 0.3 is 0 Å². The largest absolute Gasteiger partial charge is 0.363 e. The normalized spacial score (nSPS) is 25.1. The molecule has 0 fully saturated rings. The predicted molar refractivity (Wildman–Crippen MR) is 54.9 cm³/mol. The van der Waals surface area contributed by atoms with Gasteiger partial charge in [0.2, 0.25) is 0 Å². The second-order valence-corrected chi connectivity index (χ2v) is 3.51. The van der Waals surface area contributed by atoms with Crippen molar-refractivity contribution in [3.8, 4) is 11.8 Å². The summed E-state index contributed by atoms with van der Waals surface area (Å²) in [5, 5.41) is 0. The van der Waals surface area contributed by atoms with E-state index in [4.69, 9.17) is 0 Å². The van der Waals surface area contributed by atoms with Crippen molar-refractivity contribution in [2.45, 2.75) is 19.4 Å². The predicted octanol–water partition coefficient (Wildman–Crippen LogP) is 2.09. The SMILES string of the molecule is CC1=CN(C)C2C#CCC=CC2=C1. The van der Waals surface area contributed by atoms with E-state index in [0.717, 1.165) is 6.42 Å². The Morgan fingerprint density at radius 1 is 1.54 bits per heavy atom. The molecule has 0 saturated carbocycles. The van der Waals surface area contributed by atoms with Crippen molar-refractivity contribution < 1.29 is 0 Å². The Balaban J connectivity index is 2.41. The van der Waals surface area contributed by atoms with Crippen LogP contribution in [0.5, 0.6) is 0 Å². The maximum absolute atomic E-state index is 3.25. The number of fused-ring (bicyclic) bond motifs is 1. The van der Waals surface area contributed by atoms with E-state index in [-0.39, 0.29) is 6.04 Å². The van der Waals surface area contributed by atoms with E-state index in [2.05, 4.69) is 55.1 Å². The second kappa shape index (κ2) is 3.14. The highest BCUT2D eigenvalue weighted by atomic mass is 15.1. The number of hydrogen-bond acceptors (Lipinski definition) is 1. The van der Waals surface area contributed by atoms with E-state index in [1.54, 1.807) is 0 Å². The van der Waals surface area contributed by atoms with Crippen LogP contribution in [0.4, 0.5) is 0 Å². The van der Waals surface area contributed by atoms with Gasteiger partial charge in [-0.3, -0.25) is 0 Å². The van der Waals surface area contributed by atoms with E-state index in [9.17, 15) is 0 Å². The van der Waals surface area contributed by atoms with Gasteiger partial charge < -0.3 is 4.90 Å². The summed E-state index contributed by atoms with van der Waals surface area (Å²) in [5.41, 5.74) is 2.61. The minimum absolute atomic E-state index is 0.266. The van der Waals surface area contributed by atoms with Crippen LogP contribution in [0, 0.1) is 11.8 Å². The lowest BCUT2D eigenvalue weighted by Gasteiger charge is -2.27. The summed E-state index contributed by atoms with van der Waals surface area (Å²) in [6, 6.07) is 0.266. The fourth-order valence-corrected chi connectivity index (χ4v) is 1.74. The van der Waals surface area contributed by atoms with Gasteiger partial charge in [-0.1, -0.05) is 30.1 Å². The highest BCUT2D eigenvalue weighted by Gasteiger charge is 2.17. The first-order valence-corrected chi connectivity index (χ1v) is 4.54. The van der Waals surface area contributed by atoms with Crippen LogP contribution in [0.1, 0.15) is 13.3 Å². The van der Waals surface area contributed by atoms with Crippen molar-refractivity contribution >= 4 is 0 Å². The van der Waals surface area contributed by atoms with Crippen LogP contribution < -0.4 is 0 Å². The Morgan fingerprint density at radius 3 is 3.23 bits per heavy atom. The third-order valence-corrected chi connectivity index (χ3v) is 2.29. The molecule has 2 rings (SSSR count). The molecular weight excluding hydrogens is 158 g/mol. The van der Waals surface area contributed by atoms with Crippen molar-refractivity contribution in [3.63, 3.8) is 0 Å². The summed E-state index contributed by atoms with van der Waals surface area (Å²) in [5.74, 6) is 6.40. The molecule has 0 saturated heterocycles. The van der Waals surface area contributed by atoms with Crippen molar-refractivity contribution in [2.75, 3.05) is 7.05 Å². The van der Waals surface area contributed by atoms with E-state index < -0.39 is 0 Å². The molecule has 1 heteroatoms. The third kappa shape index (κ3) is 1.53. The molecule has 0 bridgehead atoms. The molecule has 0 amide bonds.